The molecule has 1 fully saturated rings. The molecule has 1 aliphatic heterocycles. The highest BCUT2D eigenvalue weighted by molar-refractivity contribution is 14.0. The van der Waals surface area contributed by atoms with Gasteiger partial charge in [-0.15, -0.1) is 24.0 Å². The molecule has 2 aromatic carbocycles. The van der Waals surface area contributed by atoms with Gasteiger partial charge in [0.2, 0.25) is 5.91 Å². The average Bonchev–Trinajstić information content (AvgIpc) is 3.18. The summed E-state index contributed by atoms with van der Waals surface area (Å²) in [6, 6.07) is 15.9. The highest BCUT2D eigenvalue weighted by atomic mass is 127. The minimum absolute atomic E-state index is 0. The van der Waals surface area contributed by atoms with Crippen LogP contribution in [0.5, 0.6) is 11.5 Å². The van der Waals surface area contributed by atoms with Crippen molar-refractivity contribution in [3.8, 4) is 11.5 Å². The van der Waals surface area contributed by atoms with Crippen molar-refractivity contribution in [1.29, 1.82) is 0 Å². The number of amides is 1. The van der Waals surface area contributed by atoms with Crippen molar-refractivity contribution in [3.05, 3.63) is 59.7 Å². The Kier molecular flexibility index (Phi) is 10.6. The van der Waals surface area contributed by atoms with Crippen LogP contribution in [0.2, 0.25) is 0 Å². The Morgan fingerprint density at radius 1 is 1.12 bits per heavy atom. The first-order valence-electron chi connectivity index (χ1n) is 10.7. The van der Waals surface area contributed by atoms with Crippen LogP contribution in [-0.2, 0) is 17.9 Å². The molecule has 7 nitrogen and oxygen atoms in total. The van der Waals surface area contributed by atoms with Gasteiger partial charge in [-0.25, -0.2) is 0 Å². The van der Waals surface area contributed by atoms with Crippen LogP contribution in [-0.4, -0.2) is 50.1 Å². The fourth-order valence-electron chi connectivity index (χ4n) is 3.55. The third-order valence-electron chi connectivity index (χ3n) is 5.17. The zero-order valence-electron chi connectivity index (χ0n) is 19.0. The molecule has 0 spiro atoms. The van der Waals surface area contributed by atoms with Crippen LogP contribution in [0.1, 0.15) is 30.9 Å². The Morgan fingerprint density at radius 3 is 2.56 bits per heavy atom. The molecule has 1 heterocycles. The first-order chi connectivity index (χ1) is 15.1. The van der Waals surface area contributed by atoms with Crippen molar-refractivity contribution in [2.24, 2.45) is 4.99 Å². The summed E-state index contributed by atoms with van der Waals surface area (Å²) in [5.41, 5.74) is 2.29. The maximum atomic E-state index is 11.9. The maximum absolute atomic E-state index is 11.9. The summed E-state index contributed by atoms with van der Waals surface area (Å²) in [4.78, 5) is 18.1. The molecule has 0 aliphatic carbocycles. The number of likely N-dealkylation sites (tertiary alicyclic amines) is 1. The van der Waals surface area contributed by atoms with Crippen LogP contribution in [0.4, 0.5) is 0 Å². The van der Waals surface area contributed by atoms with Crippen LogP contribution in [0.25, 0.3) is 0 Å². The SMILES string of the molecule is CN=C(NCc1cccc(CN2CCCC2=O)c1)NCC(C)Oc1ccccc1OC.I. The number of carbonyl (C=O) groups excluding carboxylic acids is 1. The van der Waals surface area contributed by atoms with Gasteiger partial charge in [-0.05, 0) is 36.6 Å². The van der Waals surface area contributed by atoms with Crippen molar-refractivity contribution in [2.75, 3.05) is 27.2 Å². The van der Waals surface area contributed by atoms with E-state index in [9.17, 15) is 4.79 Å². The van der Waals surface area contributed by atoms with Crippen molar-refractivity contribution < 1.29 is 14.3 Å². The third kappa shape index (κ3) is 7.58. The Morgan fingerprint density at radius 2 is 1.88 bits per heavy atom. The zero-order valence-corrected chi connectivity index (χ0v) is 21.3. The number of rotatable bonds is 9. The summed E-state index contributed by atoms with van der Waals surface area (Å²) in [6.45, 7) is 4.76. The standard InChI is InChI=1S/C24H32N4O3.HI/c1-18(31-22-11-5-4-10-21(22)30-3)15-26-24(25-2)27-16-19-8-6-9-20(14-19)17-28-13-7-12-23(28)29;/h4-6,8-11,14,18H,7,12-13,15-17H2,1-3H3,(H2,25,26,27);1H. The molecule has 0 saturated carbocycles. The predicted molar refractivity (Wildman–Crippen MR) is 138 cm³/mol. The van der Waals surface area contributed by atoms with Gasteiger partial charge in [0.15, 0.2) is 17.5 Å². The van der Waals surface area contributed by atoms with Crippen LogP contribution >= 0.6 is 24.0 Å². The van der Waals surface area contributed by atoms with E-state index in [1.54, 1.807) is 14.2 Å². The summed E-state index contributed by atoms with van der Waals surface area (Å²) in [6.07, 6.45) is 1.56. The minimum atomic E-state index is -0.0730. The molecule has 8 heteroatoms. The summed E-state index contributed by atoms with van der Waals surface area (Å²) >= 11 is 0. The Bertz CT molecular complexity index is 906. The predicted octanol–water partition coefficient (Wildman–Crippen LogP) is 3.57. The Hall–Kier alpha value is -2.49. The maximum Gasteiger partial charge on any atom is 0.222 e. The molecule has 1 amide bonds. The Labute approximate surface area is 207 Å². The molecule has 1 atom stereocenters. The molecule has 2 N–H and O–H groups in total. The number of halogens is 1. The first kappa shape index (κ1) is 25.8. The number of hydrogen-bond acceptors (Lipinski definition) is 4. The number of aliphatic imine (C=N–C) groups is 1. The van der Waals surface area contributed by atoms with Crippen molar-refractivity contribution in [1.82, 2.24) is 15.5 Å². The van der Waals surface area contributed by atoms with Crippen LogP contribution in [0.3, 0.4) is 0 Å². The van der Waals surface area contributed by atoms with Gasteiger partial charge in [0.1, 0.15) is 6.10 Å². The zero-order chi connectivity index (χ0) is 22.1. The summed E-state index contributed by atoms with van der Waals surface area (Å²) < 4.78 is 11.3. The summed E-state index contributed by atoms with van der Waals surface area (Å²) in [5, 5.41) is 6.63. The molecule has 1 unspecified atom stereocenters. The molecule has 32 heavy (non-hydrogen) atoms. The van der Waals surface area contributed by atoms with Gasteiger partial charge in [-0.3, -0.25) is 9.79 Å². The lowest BCUT2D eigenvalue weighted by atomic mass is 10.1. The lowest BCUT2D eigenvalue weighted by molar-refractivity contribution is -0.128. The molecule has 1 aliphatic rings. The number of benzene rings is 2. The van der Waals surface area contributed by atoms with E-state index in [2.05, 4.69) is 33.8 Å². The topological polar surface area (TPSA) is 75.2 Å². The monoisotopic (exact) mass is 552 g/mol. The van der Waals surface area contributed by atoms with Gasteiger partial charge in [0.05, 0.1) is 13.7 Å². The third-order valence-corrected chi connectivity index (χ3v) is 5.17. The molecule has 174 valence electrons. The van der Waals surface area contributed by atoms with Gasteiger partial charge in [-0.2, -0.15) is 0 Å². The van der Waals surface area contributed by atoms with E-state index in [1.165, 1.54) is 0 Å². The molecule has 2 aromatic rings. The second-order valence-corrected chi connectivity index (χ2v) is 7.62. The van der Waals surface area contributed by atoms with Crippen molar-refractivity contribution >= 4 is 35.8 Å². The second kappa shape index (κ2) is 13.1. The van der Waals surface area contributed by atoms with Crippen molar-refractivity contribution in [2.45, 2.75) is 39.0 Å². The van der Waals surface area contributed by atoms with Gasteiger partial charge in [-0.1, -0.05) is 36.4 Å². The van der Waals surface area contributed by atoms with E-state index in [0.717, 1.165) is 29.8 Å². The number of guanidine groups is 1. The number of ether oxygens (including phenoxy) is 2. The molecule has 0 radical (unpaired) electrons. The van der Waals surface area contributed by atoms with E-state index >= 15 is 0 Å². The summed E-state index contributed by atoms with van der Waals surface area (Å²) in [7, 11) is 3.38. The van der Waals surface area contributed by atoms with Crippen molar-refractivity contribution in [3.63, 3.8) is 0 Å². The van der Waals surface area contributed by atoms with E-state index in [-0.39, 0.29) is 36.0 Å². The van der Waals surface area contributed by atoms with Gasteiger partial charge in [0, 0.05) is 33.1 Å². The molecule has 0 bridgehead atoms. The second-order valence-electron chi connectivity index (χ2n) is 7.62. The number of nitrogens with zero attached hydrogens (tertiary/aromatic N) is 2. The quantitative estimate of drug-likeness (QED) is 0.283. The van der Waals surface area contributed by atoms with Gasteiger partial charge in [0.25, 0.3) is 0 Å². The summed E-state index contributed by atoms with van der Waals surface area (Å²) in [5.74, 6) is 2.39. The normalized spacial score (nSPS) is 14.5. The average molecular weight is 552 g/mol. The van der Waals surface area contributed by atoms with E-state index < -0.39 is 0 Å². The highest BCUT2D eigenvalue weighted by Gasteiger charge is 2.19. The van der Waals surface area contributed by atoms with Crippen LogP contribution in [0.15, 0.2) is 53.5 Å². The minimum Gasteiger partial charge on any atom is -0.493 e. The molecule has 3 rings (SSSR count). The smallest absolute Gasteiger partial charge is 0.222 e. The number of methoxy groups -OCH3 is 1. The first-order valence-corrected chi connectivity index (χ1v) is 10.7. The fourth-order valence-corrected chi connectivity index (χ4v) is 3.55. The van der Waals surface area contributed by atoms with E-state index in [1.807, 2.05) is 42.2 Å². The Balaban J connectivity index is 0.00000363. The fraction of sp³-hybridized carbons (Fsp3) is 0.417. The van der Waals surface area contributed by atoms with E-state index in [4.69, 9.17) is 9.47 Å². The van der Waals surface area contributed by atoms with Crippen LogP contribution < -0.4 is 20.1 Å². The number of hydrogen-bond donors (Lipinski definition) is 2. The lowest BCUT2D eigenvalue weighted by Gasteiger charge is -2.19. The number of para-hydroxylation sites is 2. The highest BCUT2D eigenvalue weighted by Crippen LogP contribution is 2.26. The molecular formula is C24H33IN4O3. The number of carbonyl (C=O) groups is 1. The molecule has 0 aromatic heterocycles. The van der Waals surface area contributed by atoms with Crippen LogP contribution in [0, 0.1) is 0 Å². The van der Waals surface area contributed by atoms with Gasteiger partial charge >= 0.3 is 0 Å². The van der Waals surface area contributed by atoms with E-state index in [0.29, 0.717) is 37.8 Å². The molecule has 1 saturated heterocycles. The molecular weight excluding hydrogens is 519 g/mol. The largest absolute Gasteiger partial charge is 0.493 e. The van der Waals surface area contributed by atoms with Gasteiger partial charge < -0.3 is 25.0 Å². The lowest BCUT2D eigenvalue weighted by Crippen LogP contribution is -2.41. The number of nitrogens with one attached hydrogen (secondary N) is 2.